The Morgan fingerprint density at radius 1 is 0.821 bits per heavy atom. The highest BCUT2D eigenvalue weighted by Gasteiger charge is 2.47. The van der Waals surface area contributed by atoms with Crippen molar-refractivity contribution in [3.8, 4) is 5.75 Å². The van der Waals surface area contributed by atoms with E-state index in [0.29, 0.717) is 11.3 Å². The zero-order valence-corrected chi connectivity index (χ0v) is 16.8. The van der Waals surface area contributed by atoms with Gasteiger partial charge >= 0.3 is 17.9 Å². The van der Waals surface area contributed by atoms with Crippen molar-refractivity contribution in [3.63, 3.8) is 0 Å². The quantitative estimate of drug-likeness (QED) is 0.396. The number of esters is 3. The zero-order valence-electron chi connectivity index (χ0n) is 16.0. The second kappa shape index (κ2) is 9.59. The monoisotopic (exact) mass is 410 g/mol. The van der Waals surface area contributed by atoms with E-state index in [1.165, 1.54) is 39.5 Å². The molecule has 1 aliphatic rings. The fourth-order valence-corrected chi connectivity index (χ4v) is 3.93. The molecule has 0 unspecified atom stereocenters. The molecule has 1 aromatic carbocycles. The smallest absolute Gasteiger partial charge is 0.303 e. The maximum atomic E-state index is 11.6. The van der Waals surface area contributed by atoms with Gasteiger partial charge in [0.15, 0.2) is 29.5 Å². The van der Waals surface area contributed by atoms with Crippen LogP contribution in [0.4, 0.5) is 0 Å². The largest absolute Gasteiger partial charge is 0.476 e. The van der Waals surface area contributed by atoms with Gasteiger partial charge in [0.25, 0.3) is 0 Å². The third-order valence-corrected chi connectivity index (χ3v) is 5.03. The van der Waals surface area contributed by atoms with Crippen LogP contribution in [-0.2, 0) is 28.6 Å². The number of hydrogen-bond donors (Lipinski definition) is 0. The average molecular weight is 410 g/mol. The number of thioether (sulfide) groups is 1. The summed E-state index contributed by atoms with van der Waals surface area (Å²) in [6.07, 6.45) is -2.78. The predicted molar refractivity (Wildman–Crippen MR) is 100.0 cm³/mol. The van der Waals surface area contributed by atoms with Gasteiger partial charge in [0.2, 0.25) is 0 Å². The van der Waals surface area contributed by atoms with Gasteiger partial charge in [-0.3, -0.25) is 19.2 Å². The fraction of sp³-hybridized carbons (Fsp3) is 0.474. The number of Topliss-reactive ketones (excluding diaryl/α,β-unsaturated/α-hetero) is 1. The zero-order chi connectivity index (χ0) is 20.8. The molecule has 152 valence electrons. The standard InChI is InChI=1S/C19H22O8S/c1-10(20)14-5-7-15(8-6-14)27-19-18(26-13(4)23)17(25-12(3)22)16(9-28-19)24-11(2)21/h5-8,16-19H,9H2,1-4H3/t16-,17+,18-,19+/m1/s1. The predicted octanol–water partition coefficient (Wildman–Crippen LogP) is 2.14. The summed E-state index contributed by atoms with van der Waals surface area (Å²) in [6, 6.07) is 6.50. The number of benzene rings is 1. The lowest BCUT2D eigenvalue weighted by Crippen LogP contribution is -2.55. The Labute approximate surface area is 166 Å². The molecule has 1 aromatic rings. The molecule has 1 heterocycles. The van der Waals surface area contributed by atoms with E-state index in [1.54, 1.807) is 24.3 Å². The van der Waals surface area contributed by atoms with Gasteiger partial charge in [-0.2, -0.15) is 0 Å². The van der Waals surface area contributed by atoms with E-state index < -0.39 is 41.7 Å². The van der Waals surface area contributed by atoms with Crippen molar-refractivity contribution in [1.29, 1.82) is 0 Å². The van der Waals surface area contributed by atoms with Gasteiger partial charge in [0, 0.05) is 32.1 Å². The van der Waals surface area contributed by atoms with Crippen molar-refractivity contribution < 1.29 is 38.1 Å². The van der Waals surface area contributed by atoms with Crippen molar-refractivity contribution in [2.24, 2.45) is 0 Å². The number of ether oxygens (including phenoxy) is 4. The summed E-state index contributed by atoms with van der Waals surface area (Å²) in [4.78, 5) is 46.0. The van der Waals surface area contributed by atoms with Crippen LogP contribution < -0.4 is 4.74 Å². The summed E-state index contributed by atoms with van der Waals surface area (Å²) in [5.74, 6) is -1.07. The van der Waals surface area contributed by atoms with E-state index >= 15 is 0 Å². The third kappa shape index (κ3) is 5.98. The highest BCUT2D eigenvalue weighted by atomic mass is 32.2. The van der Waals surface area contributed by atoms with E-state index in [2.05, 4.69) is 0 Å². The Hall–Kier alpha value is -2.55. The first-order valence-corrected chi connectivity index (χ1v) is 9.63. The maximum Gasteiger partial charge on any atom is 0.303 e. The lowest BCUT2D eigenvalue weighted by molar-refractivity contribution is -0.186. The lowest BCUT2D eigenvalue weighted by Gasteiger charge is -2.39. The van der Waals surface area contributed by atoms with Gasteiger partial charge in [0.1, 0.15) is 5.75 Å². The van der Waals surface area contributed by atoms with E-state index in [4.69, 9.17) is 18.9 Å². The van der Waals surface area contributed by atoms with Crippen LogP contribution in [0.3, 0.4) is 0 Å². The Balaban J connectivity index is 2.25. The minimum atomic E-state index is -1.01. The molecule has 28 heavy (non-hydrogen) atoms. The van der Waals surface area contributed by atoms with E-state index in [-0.39, 0.29) is 11.5 Å². The highest BCUT2D eigenvalue weighted by Crippen LogP contribution is 2.34. The normalized spacial score (nSPS) is 24.0. The molecular formula is C19H22O8S. The average Bonchev–Trinajstić information content (AvgIpc) is 2.59. The minimum Gasteiger partial charge on any atom is -0.476 e. The first kappa shape index (κ1) is 21.7. The van der Waals surface area contributed by atoms with Crippen molar-refractivity contribution in [2.45, 2.75) is 51.4 Å². The molecule has 0 amide bonds. The van der Waals surface area contributed by atoms with Crippen LogP contribution in [0.25, 0.3) is 0 Å². The van der Waals surface area contributed by atoms with Gasteiger partial charge in [-0.15, -0.1) is 11.8 Å². The molecule has 0 radical (unpaired) electrons. The molecule has 1 aliphatic heterocycles. The maximum absolute atomic E-state index is 11.6. The Bertz CT molecular complexity index is 745. The molecule has 0 aliphatic carbocycles. The summed E-state index contributed by atoms with van der Waals surface area (Å²) >= 11 is 1.26. The second-order valence-electron chi connectivity index (χ2n) is 6.20. The molecule has 8 nitrogen and oxygen atoms in total. The summed E-state index contributed by atoms with van der Waals surface area (Å²) in [5, 5.41) is 0. The van der Waals surface area contributed by atoms with Crippen LogP contribution in [0.5, 0.6) is 5.75 Å². The molecule has 0 N–H and O–H groups in total. The number of carbonyl (C=O) groups excluding carboxylic acids is 4. The summed E-state index contributed by atoms with van der Waals surface area (Å²) in [7, 11) is 0. The Kier molecular flexibility index (Phi) is 7.45. The van der Waals surface area contributed by atoms with Crippen molar-refractivity contribution in [3.05, 3.63) is 29.8 Å². The fourth-order valence-electron chi connectivity index (χ4n) is 2.71. The first-order chi connectivity index (χ1) is 13.2. The molecule has 1 fully saturated rings. The van der Waals surface area contributed by atoms with E-state index in [0.717, 1.165) is 0 Å². The minimum absolute atomic E-state index is 0.0736. The van der Waals surface area contributed by atoms with Crippen molar-refractivity contribution in [1.82, 2.24) is 0 Å². The van der Waals surface area contributed by atoms with Gasteiger partial charge in [0.05, 0.1) is 0 Å². The van der Waals surface area contributed by atoms with Crippen molar-refractivity contribution >= 4 is 35.5 Å². The van der Waals surface area contributed by atoms with Crippen LogP contribution in [0, 0.1) is 0 Å². The number of rotatable bonds is 6. The molecule has 1 saturated heterocycles. The summed E-state index contributed by atoms with van der Waals surface area (Å²) in [6.45, 7) is 5.15. The summed E-state index contributed by atoms with van der Waals surface area (Å²) in [5.41, 5.74) is -0.170. The first-order valence-electron chi connectivity index (χ1n) is 8.58. The summed E-state index contributed by atoms with van der Waals surface area (Å²) < 4.78 is 21.8. The molecule has 0 saturated carbocycles. The number of carbonyl (C=O) groups is 4. The molecule has 0 spiro atoms. The van der Waals surface area contributed by atoms with Crippen LogP contribution in [0.2, 0.25) is 0 Å². The van der Waals surface area contributed by atoms with E-state index in [1.807, 2.05) is 0 Å². The highest BCUT2D eigenvalue weighted by molar-refractivity contribution is 7.99. The molecule has 0 aromatic heterocycles. The lowest BCUT2D eigenvalue weighted by atomic mass is 10.1. The molecular weight excluding hydrogens is 388 g/mol. The van der Waals surface area contributed by atoms with Gasteiger partial charge in [-0.25, -0.2) is 0 Å². The number of ketones is 1. The molecule has 4 atom stereocenters. The Morgan fingerprint density at radius 2 is 1.36 bits per heavy atom. The van der Waals surface area contributed by atoms with Gasteiger partial charge in [-0.1, -0.05) is 0 Å². The van der Waals surface area contributed by atoms with Gasteiger partial charge in [-0.05, 0) is 31.2 Å². The van der Waals surface area contributed by atoms with E-state index in [9.17, 15) is 19.2 Å². The Morgan fingerprint density at radius 3 is 1.86 bits per heavy atom. The SMILES string of the molecule is CC(=O)O[C@@H]1[C@@H](OC(C)=O)[C@@H](Oc2ccc(C(C)=O)cc2)SC[C@H]1OC(C)=O. The van der Waals surface area contributed by atoms with Crippen LogP contribution in [-0.4, -0.2) is 53.2 Å². The third-order valence-electron chi connectivity index (χ3n) is 3.82. The number of hydrogen-bond acceptors (Lipinski definition) is 9. The second-order valence-corrected chi connectivity index (χ2v) is 7.33. The van der Waals surface area contributed by atoms with Crippen LogP contribution >= 0.6 is 11.8 Å². The molecule has 0 bridgehead atoms. The van der Waals surface area contributed by atoms with Crippen LogP contribution in [0.15, 0.2) is 24.3 Å². The molecule has 9 heteroatoms. The topological polar surface area (TPSA) is 105 Å². The van der Waals surface area contributed by atoms with Gasteiger partial charge < -0.3 is 18.9 Å². The molecule has 2 rings (SSSR count). The van der Waals surface area contributed by atoms with Crippen LogP contribution in [0.1, 0.15) is 38.1 Å². The van der Waals surface area contributed by atoms with Crippen molar-refractivity contribution in [2.75, 3.05) is 5.75 Å².